The van der Waals surface area contributed by atoms with Gasteiger partial charge < -0.3 is 11.5 Å². The third-order valence-corrected chi connectivity index (χ3v) is 5.34. The lowest BCUT2D eigenvalue weighted by molar-refractivity contribution is -0.144. The molecule has 0 fully saturated rings. The molecule has 33 heavy (non-hydrogen) atoms. The number of nitrogens with two attached hydrogens (primary N) is 2. The highest BCUT2D eigenvalue weighted by Gasteiger charge is 2.35. The van der Waals surface area contributed by atoms with Crippen molar-refractivity contribution >= 4 is 22.9 Å². The number of pyridine rings is 2. The molecule has 0 spiro atoms. The monoisotopic (exact) mass is 454 g/mol. The Morgan fingerprint density at radius 3 is 2.58 bits per heavy atom. The number of allylic oxidation sites excluding steroid dienone is 2. The fourth-order valence-corrected chi connectivity index (χ4v) is 3.75. The summed E-state index contributed by atoms with van der Waals surface area (Å²) in [7, 11) is 0. The van der Waals surface area contributed by atoms with Crippen molar-refractivity contribution in [3.63, 3.8) is 0 Å². The highest BCUT2D eigenvalue weighted by molar-refractivity contribution is 6.01. The topological polar surface area (TPSA) is 121 Å². The molecule has 1 aliphatic rings. The van der Waals surface area contributed by atoms with Gasteiger partial charge in [0.15, 0.2) is 5.78 Å². The van der Waals surface area contributed by atoms with E-state index in [1.165, 1.54) is 24.5 Å². The lowest BCUT2D eigenvalue weighted by Gasteiger charge is -2.14. The van der Waals surface area contributed by atoms with Crippen molar-refractivity contribution in [2.24, 2.45) is 0 Å². The summed E-state index contributed by atoms with van der Waals surface area (Å²) >= 11 is 0. The minimum Gasteiger partial charge on any atom is -0.397 e. The molecule has 0 amide bonds. The van der Waals surface area contributed by atoms with Gasteiger partial charge in [-0.25, -0.2) is 15.0 Å². The summed E-state index contributed by atoms with van der Waals surface area (Å²) in [5, 5.41) is 0. The van der Waals surface area contributed by atoms with E-state index in [0.29, 0.717) is 16.8 Å². The average molecular weight is 454 g/mol. The van der Waals surface area contributed by atoms with Crippen LogP contribution in [0.4, 0.5) is 24.7 Å². The number of carbonyl (C=O) groups is 1. The van der Waals surface area contributed by atoms with Gasteiger partial charge in [0, 0.05) is 30.4 Å². The third kappa shape index (κ3) is 5.00. The van der Waals surface area contributed by atoms with Crippen LogP contribution in [0.3, 0.4) is 0 Å². The number of ketones is 1. The highest BCUT2D eigenvalue weighted by atomic mass is 19.4. The van der Waals surface area contributed by atoms with Crippen molar-refractivity contribution in [3.05, 3.63) is 65.5 Å². The van der Waals surface area contributed by atoms with E-state index in [1.807, 2.05) is 0 Å². The van der Waals surface area contributed by atoms with E-state index in [9.17, 15) is 18.0 Å². The number of halogens is 3. The van der Waals surface area contributed by atoms with Crippen molar-refractivity contribution in [3.8, 4) is 11.3 Å². The first kappa shape index (κ1) is 22.4. The van der Waals surface area contributed by atoms with Crippen molar-refractivity contribution in [1.29, 1.82) is 0 Å². The number of anilines is 2. The van der Waals surface area contributed by atoms with Crippen LogP contribution in [-0.2, 0) is 12.6 Å². The van der Waals surface area contributed by atoms with Crippen LogP contribution in [-0.4, -0.2) is 25.7 Å². The fraction of sp³-hybridized carbons (Fsp3) is 0.261. The molecule has 0 aromatic carbocycles. The average Bonchev–Trinajstić information content (AvgIpc) is 2.79. The Morgan fingerprint density at radius 2 is 1.85 bits per heavy atom. The van der Waals surface area contributed by atoms with E-state index < -0.39 is 12.0 Å². The largest absolute Gasteiger partial charge is 0.451 e. The molecule has 3 aromatic heterocycles. The fourth-order valence-electron chi connectivity index (χ4n) is 3.75. The van der Waals surface area contributed by atoms with E-state index in [4.69, 9.17) is 11.5 Å². The zero-order valence-electron chi connectivity index (χ0n) is 17.6. The molecule has 1 aliphatic carbocycles. The van der Waals surface area contributed by atoms with Gasteiger partial charge in [-0.15, -0.1) is 0 Å². The Balaban J connectivity index is 1.68. The second-order valence-electron chi connectivity index (χ2n) is 7.74. The number of nitrogen functional groups attached to an aromatic ring is 2. The van der Waals surface area contributed by atoms with Gasteiger partial charge >= 0.3 is 6.18 Å². The Hall–Kier alpha value is -3.82. The maximum absolute atomic E-state index is 13.2. The Morgan fingerprint density at radius 1 is 1.03 bits per heavy atom. The predicted octanol–water partition coefficient (Wildman–Crippen LogP) is 4.50. The van der Waals surface area contributed by atoms with Crippen LogP contribution in [0.1, 0.15) is 53.3 Å². The van der Waals surface area contributed by atoms with E-state index >= 15 is 0 Å². The quantitative estimate of drug-likeness (QED) is 0.545. The van der Waals surface area contributed by atoms with Gasteiger partial charge in [-0.1, -0.05) is 6.08 Å². The SMILES string of the molecule is Nc1cc(-c2ccncc2CC(=O)c2nc(C3=CCCCC3)ccc2N)nc(C(F)(F)F)n1. The van der Waals surface area contributed by atoms with E-state index in [0.717, 1.165) is 31.3 Å². The lowest BCUT2D eigenvalue weighted by atomic mass is 9.96. The van der Waals surface area contributed by atoms with Crippen LogP contribution in [0.2, 0.25) is 0 Å². The summed E-state index contributed by atoms with van der Waals surface area (Å²) in [5.74, 6) is -2.06. The first-order valence-corrected chi connectivity index (χ1v) is 10.4. The smallest absolute Gasteiger partial charge is 0.397 e. The number of hydrogen-bond donors (Lipinski definition) is 2. The van der Waals surface area contributed by atoms with Gasteiger partial charge in [0.1, 0.15) is 11.5 Å². The summed E-state index contributed by atoms with van der Waals surface area (Å²) in [6.45, 7) is 0. The molecule has 0 aliphatic heterocycles. The second-order valence-corrected chi connectivity index (χ2v) is 7.74. The van der Waals surface area contributed by atoms with Crippen LogP contribution >= 0.6 is 0 Å². The zero-order chi connectivity index (χ0) is 23.6. The Bertz CT molecular complexity index is 1240. The van der Waals surface area contributed by atoms with Crippen LogP contribution in [0.25, 0.3) is 16.8 Å². The van der Waals surface area contributed by atoms with Crippen molar-refractivity contribution in [1.82, 2.24) is 19.9 Å². The molecular weight excluding hydrogens is 433 g/mol. The molecule has 0 bridgehead atoms. The third-order valence-electron chi connectivity index (χ3n) is 5.34. The van der Waals surface area contributed by atoms with Gasteiger partial charge in [-0.3, -0.25) is 9.78 Å². The van der Waals surface area contributed by atoms with Crippen LogP contribution in [0, 0.1) is 0 Å². The highest BCUT2D eigenvalue weighted by Crippen LogP contribution is 2.31. The molecule has 0 unspecified atom stereocenters. The van der Waals surface area contributed by atoms with Crippen molar-refractivity contribution < 1.29 is 18.0 Å². The second kappa shape index (κ2) is 8.97. The molecule has 3 aromatic rings. The normalized spacial score (nSPS) is 14.1. The summed E-state index contributed by atoms with van der Waals surface area (Å²) in [6, 6.07) is 6.14. The molecule has 0 saturated carbocycles. The maximum Gasteiger partial charge on any atom is 0.451 e. The summed E-state index contributed by atoms with van der Waals surface area (Å²) in [6.07, 6.45) is 4.01. The minimum absolute atomic E-state index is 0.0536. The summed E-state index contributed by atoms with van der Waals surface area (Å²) in [4.78, 5) is 28.5. The molecule has 4 N–H and O–H groups in total. The molecule has 0 radical (unpaired) electrons. The maximum atomic E-state index is 13.2. The number of carbonyl (C=O) groups excluding carboxylic acids is 1. The van der Waals surface area contributed by atoms with E-state index in [2.05, 4.69) is 26.0 Å². The number of alkyl halides is 3. The van der Waals surface area contributed by atoms with Crippen molar-refractivity contribution in [2.75, 3.05) is 11.5 Å². The molecule has 7 nitrogen and oxygen atoms in total. The van der Waals surface area contributed by atoms with E-state index in [-0.39, 0.29) is 35.1 Å². The molecule has 0 saturated heterocycles. The molecule has 4 rings (SSSR count). The molecule has 3 heterocycles. The molecular formula is C23H21F3N6O. The van der Waals surface area contributed by atoms with Crippen LogP contribution in [0.5, 0.6) is 0 Å². The Kier molecular flexibility index (Phi) is 6.08. The first-order valence-electron chi connectivity index (χ1n) is 10.4. The van der Waals surface area contributed by atoms with Gasteiger partial charge in [0.05, 0.1) is 17.1 Å². The van der Waals surface area contributed by atoms with Gasteiger partial charge in [-0.05, 0) is 55.0 Å². The zero-order valence-corrected chi connectivity index (χ0v) is 17.6. The Labute approximate surface area is 187 Å². The van der Waals surface area contributed by atoms with E-state index in [1.54, 1.807) is 12.1 Å². The van der Waals surface area contributed by atoms with Crippen LogP contribution < -0.4 is 11.5 Å². The van der Waals surface area contributed by atoms with Crippen LogP contribution in [0.15, 0.2) is 42.7 Å². The van der Waals surface area contributed by atoms with Gasteiger partial charge in [0.2, 0.25) is 5.82 Å². The number of Topliss-reactive ketones (excluding diaryl/α,β-unsaturated/α-hetero) is 1. The number of aromatic nitrogens is 4. The summed E-state index contributed by atoms with van der Waals surface area (Å²) in [5.41, 5.74) is 14.4. The van der Waals surface area contributed by atoms with Gasteiger partial charge in [-0.2, -0.15) is 13.2 Å². The first-order chi connectivity index (χ1) is 15.7. The predicted molar refractivity (Wildman–Crippen MR) is 118 cm³/mol. The molecule has 0 atom stereocenters. The number of hydrogen-bond acceptors (Lipinski definition) is 7. The van der Waals surface area contributed by atoms with Crippen molar-refractivity contribution in [2.45, 2.75) is 38.3 Å². The standard InChI is InChI=1S/C23H21F3N6O/c24-23(25,26)22-31-18(11-20(28)32-22)15-8-9-29-12-14(15)10-19(33)21-16(27)6-7-17(30-21)13-4-2-1-3-5-13/h4,6-9,11-12H,1-3,5,10,27H2,(H2,28,31,32). The molecule has 170 valence electrons. The molecule has 10 heteroatoms. The number of rotatable bonds is 5. The van der Waals surface area contributed by atoms with Gasteiger partial charge in [0.25, 0.3) is 0 Å². The number of nitrogens with zero attached hydrogens (tertiary/aromatic N) is 4. The lowest BCUT2D eigenvalue weighted by Crippen LogP contribution is -2.14. The minimum atomic E-state index is -4.76. The summed E-state index contributed by atoms with van der Waals surface area (Å²) < 4.78 is 39.5.